The van der Waals surface area contributed by atoms with Gasteiger partial charge in [0.2, 0.25) is 0 Å². The van der Waals surface area contributed by atoms with E-state index in [-0.39, 0.29) is 6.04 Å². The van der Waals surface area contributed by atoms with Crippen molar-refractivity contribution in [3.05, 3.63) is 81.6 Å². The van der Waals surface area contributed by atoms with Gasteiger partial charge in [0.1, 0.15) is 0 Å². The largest absolute Gasteiger partial charge is 0.361 e. The Morgan fingerprint density at radius 1 is 0.931 bits per heavy atom. The van der Waals surface area contributed by atoms with E-state index in [9.17, 15) is 0 Å². The van der Waals surface area contributed by atoms with E-state index in [1.54, 1.807) is 0 Å². The van der Waals surface area contributed by atoms with Gasteiger partial charge >= 0.3 is 0 Å². The maximum Gasteiger partial charge on any atom is 0.0670 e. The highest BCUT2D eigenvalue weighted by Gasteiger charge is 2.29. The molecule has 1 aliphatic rings. The number of hydrogen-bond acceptors (Lipinski definition) is 3. The molecule has 2 heterocycles. The molecule has 4 rings (SSSR count). The lowest BCUT2D eigenvalue weighted by Gasteiger charge is -2.43. The number of hydrogen-bond donors (Lipinski definition) is 0. The van der Waals surface area contributed by atoms with Crippen LogP contribution >= 0.6 is 34.8 Å². The van der Waals surface area contributed by atoms with Crippen LogP contribution in [0.3, 0.4) is 0 Å². The number of aryl methyl sites for hydroxylation is 1. The molecule has 3 aromatic rings. The van der Waals surface area contributed by atoms with E-state index < -0.39 is 0 Å². The second-order valence-electron chi connectivity index (χ2n) is 7.28. The minimum absolute atomic E-state index is 0.199. The summed E-state index contributed by atoms with van der Waals surface area (Å²) < 4.78 is 1.99. The lowest BCUT2D eigenvalue weighted by atomic mass is 10.0. The molecule has 1 aliphatic heterocycles. The number of aromatic nitrogens is 2. The molecular formula is C22H23Cl3N4. The van der Waals surface area contributed by atoms with Crippen molar-refractivity contribution in [1.82, 2.24) is 14.7 Å². The fourth-order valence-electron chi connectivity index (χ4n) is 3.90. The molecule has 0 radical (unpaired) electrons. The van der Waals surface area contributed by atoms with E-state index in [0.717, 1.165) is 49.9 Å². The highest BCUT2D eigenvalue weighted by molar-refractivity contribution is 6.36. The van der Waals surface area contributed by atoms with Gasteiger partial charge in [-0.2, -0.15) is 5.10 Å². The van der Waals surface area contributed by atoms with Gasteiger partial charge in [-0.3, -0.25) is 9.58 Å². The number of halogens is 3. The molecule has 4 nitrogen and oxygen atoms in total. The molecule has 152 valence electrons. The van der Waals surface area contributed by atoms with Gasteiger partial charge in [-0.15, -0.1) is 0 Å². The molecule has 0 saturated carbocycles. The molecule has 1 fully saturated rings. The third-order valence-corrected chi connectivity index (χ3v) is 6.15. The molecule has 0 amide bonds. The van der Waals surface area contributed by atoms with Crippen LogP contribution in [0.4, 0.5) is 5.69 Å². The quantitative estimate of drug-likeness (QED) is 0.475. The SMILES string of the molecule is Clc1ccc([C@@H]2CN(CCCn3cccn3)CCN2c2ccc(Cl)cc2Cl)cc1. The van der Waals surface area contributed by atoms with Crippen LogP contribution in [0, 0.1) is 0 Å². The summed E-state index contributed by atoms with van der Waals surface area (Å²) in [5, 5.41) is 6.37. The Morgan fingerprint density at radius 3 is 2.45 bits per heavy atom. The van der Waals surface area contributed by atoms with Crippen molar-refractivity contribution in [1.29, 1.82) is 0 Å². The van der Waals surface area contributed by atoms with Crippen LogP contribution in [0.5, 0.6) is 0 Å². The molecule has 0 bridgehead atoms. The van der Waals surface area contributed by atoms with E-state index in [0.29, 0.717) is 10.0 Å². The molecule has 2 aromatic carbocycles. The molecule has 0 unspecified atom stereocenters. The van der Waals surface area contributed by atoms with Crippen LogP contribution < -0.4 is 4.90 Å². The summed E-state index contributed by atoms with van der Waals surface area (Å²) in [6.07, 6.45) is 4.90. The molecule has 1 atom stereocenters. The van der Waals surface area contributed by atoms with Crippen molar-refractivity contribution in [3.63, 3.8) is 0 Å². The molecule has 7 heteroatoms. The average Bonchev–Trinajstić information content (AvgIpc) is 3.22. The van der Waals surface area contributed by atoms with E-state index >= 15 is 0 Å². The Hall–Kier alpha value is -1.72. The van der Waals surface area contributed by atoms with Gasteiger partial charge in [0, 0.05) is 55.2 Å². The van der Waals surface area contributed by atoms with Crippen molar-refractivity contribution < 1.29 is 0 Å². The maximum absolute atomic E-state index is 6.55. The first-order valence-corrected chi connectivity index (χ1v) is 10.9. The highest BCUT2D eigenvalue weighted by atomic mass is 35.5. The highest BCUT2D eigenvalue weighted by Crippen LogP contribution is 2.36. The van der Waals surface area contributed by atoms with E-state index in [1.165, 1.54) is 5.56 Å². The lowest BCUT2D eigenvalue weighted by Crippen LogP contribution is -2.49. The van der Waals surface area contributed by atoms with Crippen molar-refractivity contribution >= 4 is 40.5 Å². The standard InChI is InChI=1S/C22H23Cl3N4/c23-18-5-3-17(4-6-18)22-16-27(10-2-12-28-11-1-9-26-28)13-14-29(22)21-8-7-19(24)15-20(21)25/h1,3-9,11,15,22H,2,10,12-14,16H2/t22-/m0/s1. The number of nitrogens with zero attached hydrogens (tertiary/aromatic N) is 4. The van der Waals surface area contributed by atoms with Crippen molar-refractivity contribution in [2.75, 3.05) is 31.1 Å². The first-order chi connectivity index (χ1) is 14.1. The topological polar surface area (TPSA) is 24.3 Å². The molecule has 0 N–H and O–H groups in total. The van der Waals surface area contributed by atoms with Crippen LogP contribution in [-0.2, 0) is 6.54 Å². The summed E-state index contributed by atoms with van der Waals surface area (Å²) in [5.41, 5.74) is 2.25. The molecule has 0 spiro atoms. The Labute approximate surface area is 186 Å². The van der Waals surface area contributed by atoms with Crippen molar-refractivity contribution in [2.24, 2.45) is 0 Å². The number of piperazine rings is 1. The normalized spacial score (nSPS) is 17.6. The van der Waals surface area contributed by atoms with Gasteiger partial charge in [0.05, 0.1) is 16.8 Å². The predicted molar refractivity (Wildman–Crippen MR) is 121 cm³/mol. The number of rotatable bonds is 6. The third-order valence-electron chi connectivity index (χ3n) is 5.36. The third kappa shape index (κ3) is 5.07. The predicted octanol–water partition coefficient (Wildman–Crippen LogP) is 5.80. The first kappa shape index (κ1) is 20.5. The van der Waals surface area contributed by atoms with Crippen LogP contribution in [0.1, 0.15) is 18.0 Å². The van der Waals surface area contributed by atoms with Crippen LogP contribution in [0.2, 0.25) is 15.1 Å². The smallest absolute Gasteiger partial charge is 0.0670 e. The molecule has 1 aromatic heterocycles. The second-order valence-corrected chi connectivity index (χ2v) is 8.56. The Balaban J connectivity index is 1.51. The lowest BCUT2D eigenvalue weighted by molar-refractivity contribution is 0.217. The first-order valence-electron chi connectivity index (χ1n) is 9.77. The van der Waals surface area contributed by atoms with Crippen molar-refractivity contribution in [2.45, 2.75) is 19.0 Å². The van der Waals surface area contributed by atoms with Crippen LogP contribution in [0.15, 0.2) is 60.9 Å². The Morgan fingerprint density at radius 2 is 1.72 bits per heavy atom. The van der Waals surface area contributed by atoms with Gasteiger partial charge in [-0.25, -0.2) is 0 Å². The second kappa shape index (κ2) is 9.40. The summed E-state index contributed by atoms with van der Waals surface area (Å²) in [4.78, 5) is 4.90. The maximum atomic E-state index is 6.55. The van der Waals surface area contributed by atoms with E-state index in [2.05, 4.69) is 27.0 Å². The number of benzene rings is 2. The minimum Gasteiger partial charge on any atom is -0.361 e. The zero-order chi connectivity index (χ0) is 20.2. The summed E-state index contributed by atoms with van der Waals surface area (Å²) in [7, 11) is 0. The van der Waals surface area contributed by atoms with Crippen molar-refractivity contribution in [3.8, 4) is 0 Å². The Bertz CT molecular complexity index is 928. The van der Waals surface area contributed by atoms with Gasteiger partial charge < -0.3 is 4.90 Å². The fraction of sp³-hybridized carbons (Fsp3) is 0.318. The van der Waals surface area contributed by atoms with E-state index in [4.69, 9.17) is 34.8 Å². The fourth-order valence-corrected chi connectivity index (χ4v) is 4.55. The van der Waals surface area contributed by atoms with Gasteiger partial charge in [0.25, 0.3) is 0 Å². The Kier molecular flexibility index (Phi) is 6.66. The van der Waals surface area contributed by atoms with Crippen LogP contribution in [-0.4, -0.2) is 40.9 Å². The zero-order valence-corrected chi connectivity index (χ0v) is 18.3. The summed E-state index contributed by atoms with van der Waals surface area (Å²) in [6, 6.07) is 16.0. The van der Waals surface area contributed by atoms with Gasteiger partial charge in [-0.1, -0.05) is 46.9 Å². The summed E-state index contributed by atoms with van der Waals surface area (Å²) in [6.45, 7) is 4.78. The molecule has 29 heavy (non-hydrogen) atoms. The molecule has 0 aliphatic carbocycles. The summed E-state index contributed by atoms with van der Waals surface area (Å²) in [5.74, 6) is 0. The van der Waals surface area contributed by atoms with Gasteiger partial charge in [-0.05, 0) is 48.4 Å². The van der Waals surface area contributed by atoms with Gasteiger partial charge in [0.15, 0.2) is 0 Å². The molecule has 1 saturated heterocycles. The van der Waals surface area contributed by atoms with Crippen LogP contribution in [0.25, 0.3) is 0 Å². The van der Waals surface area contributed by atoms with E-state index in [1.807, 2.05) is 53.5 Å². The summed E-state index contributed by atoms with van der Waals surface area (Å²) >= 11 is 18.8. The monoisotopic (exact) mass is 448 g/mol. The number of anilines is 1. The molecular weight excluding hydrogens is 427 g/mol. The minimum atomic E-state index is 0.199. The average molecular weight is 450 g/mol. The zero-order valence-electron chi connectivity index (χ0n) is 16.0.